The third-order valence-electron chi connectivity index (χ3n) is 0. The maximum Gasteiger partial charge on any atom is -0.101 e. The molecule has 0 rings (SSSR count). The zero-order valence-corrected chi connectivity index (χ0v) is 5.85. The molecule has 0 fully saturated rings. The molecule has 0 saturated carbocycles. The molecule has 0 heterocycles. The van der Waals surface area contributed by atoms with Crippen LogP contribution in [0, 0.1) is 0 Å². The van der Waals surface area contributed by atoms with E-state index in [-0.39, 0.29) is 8.31 Å². The molecule has 0 atom stereocenters. The third-order valence-corrected chi connectivity index (χ3v) is 0. The van der Waals surface area contributed by atoms with Crippen LogP contribution in [0.1, 0.15) is 0 Å². The smallest absolute Gasteiger partial charge is 0.101 e. The maximum absolute atomic E-state index is 2.32. The minimum Gasteiger partial charge on any atom is -0.297 e. The van der Waals surface area contributed by atoms with Crippen LogP contribution >= 0.6 is 0 Å². The minimum atomic E-state index is -0.111. The highest BCUT2D eigenvalue weighted by Gasteiger charge is 1.59. The molecule has 0 aromatic heterocycles. The van der Waals surface area contributed by atoms with Crippen molar-refractivity contribution in [2.24, 2.45) is 0 Å². The van der Waals surface area contributed by atoms with E-state index < -0.39 is 0 Å². The van der Waals surface area contributed by atoms with E-state index in [0.717, 1.165) is 0 Å². The molecule has 0 bridgehead atoms. The normalized spacial score (nSPS) is 9.00. The zero-order chi connectivity index (χ0) is 3.58. The monoisotopic (exact) mass is 89.0 g/mol. The van der Waals surface area contributed by atoms with E-state index in [2.05, 4.69) is 22.9 Å². The van der Waals surface area contributed by atoms with Gasteiger partial charge in [-0.1, -0.05) is 0 Å². The lowest BCUT2D eigenvalue weighted by atomic mass is 11.9. The molecule has 0 amide bonds. The standard InChI is InChI=1S/C2H9Si2/c1-4(2)3/h4H,3H2,1-2H3/q-1. The Morgan fingerprint density at radius 1 is 1.50 bits per heavy atom. The highest BCUT2D eigenvalue weighted by atomic mass is 29.1. The molecule has 26 valence electrons. The van der Waals surface area contributed by atoms with Crippen LogP contribution in [0.2, 0.25) is 13.1 Å². The molecule has 2 heteroatoms. The Labute approximate surface area is 32.0 Å². The Bertz CT molecular complexity index is 8.75. The van der Waals surface area contributed by atoms with Crippen LogP contribution in [0.25, 0.3) is 0 Å². The van der Waals surface area contributed by atoms with Crippen molar-refractivity contribution in [1.29, 1.82) is 0 Å². The molecule has 0 N–H and O–H groups in total. The van der Waals surface area contributed by atoms with Crippen molar-refractivity contribution in [2.75, 3.05) is 0 Å². The molecule has 4 heavy (non-hydrogen) atoms. The van der Waals surface area contributed by atoms with Gasteiger partial charge in [0, 0.05) is 0 Å². The Hall–Kier alpha value is 0.434. The first-order valence-corrected chi connectivity index (χ1v) is 7.14. The largest absolute Gasteiger partial charge is 0.297 e. The fraction of sp³-hybridized carbons (Fsp3) is 1.00. The van der Waals surface area contributed by atoms with E-state index in [1.54, 1.807) is 0 Å². The maximum atomic E-state index is 2.32. The van der Waals surface area contributed by atoms with E-state index in [9.17, 15) is 0 Å². The third kappa shape index (κ3) is 26.6. The summed E-state index contributed by atoms with van der Waals surface area (Å²) in [5, 5.41) is 0. The van der Waals surface area contributed by atoms with E-state index in [1.807, 2.05) is 0 Å². The number of hydrogen-bond acceptors (Lipinski definition) is 0. The summed E-state index contributed by atoms with van der Waals surface area (Å²) in [7, 11) is 2.03. The molecule has 0 aromatic carbocycles. The molecule has 0 saturated heterocycles. The Kier molecular flexibility index (Phi) is 1.91. The van der Waals surface area contributed by atoms with Gasteiger partial charge in [-0.3, -0.25) is 9.76 Å². The second kappa shape index (κ2) is 1.72. The summed E-state index contributed by atoms with van der Waals surface area (Å²) in [6, 6.07) is 0. The summed E-state index contributed by atoms with van der Waals surface area (Å²) in [4.78, 5) is 0. The predicted octanol–water partition coefficient (Wildman–Crippen LogP) is -0.397. The van der Waals surface area contributed by atoms with Crippen LogP contribution in [0.5, 0.6) is 0 Å². The quantitative estimate of drug-likeness (QED) is 0.354. The molecule has 0 aliphatic rings. The van der Waals surface area contributed by atoms with Gasteiger partial charge >= 0.3 is 0 Å². The topological polar surface area (TPSA) is 0 Å². The van der Waals surface area contributed by atoms with Crippen molar-refractivity contribution < 1.29 is 0 Å². The second-order valence-corrected chi connectivity index (χ2v) is 9.08. The van der Waals surface area contributed by atoms with Crippen molar-refractivity contribution in [3.63, 3.8) is 0 Å². The van der Waals surface area contributed by atoms with Gasteiger partial charge in [0.2, 0.25) is 0 Å². The summed E-state index contributed by atoms with van der Waals surface area (Å²) in [5.41, 5.74) is 0. The van der Waals surface area contributed by atoms with Crippen molar-refractivity contribution in [3.8, 4) is 0 Å². The molecule has 0 radical (unpaired) electrons. The van der Waals surface area contributed by atoms with Gasteiger partial charge in [-0.2, -0.15) is 0 Å². The molecule has 0 aromatic rings. The van der Waals surface area contributed by atoms with E-state index in [4.69, 9.17) is 0 Å². The van der Waals surface area contributed by atoms with Crippen molar-refractivity contribution in [1.82, 2.24) is 0 Å². The van der Waals surface area contributed by atoms with Crippen LogP contribution in [0.4, 0.5) is 0 Å². The van der Waals surface area contributed by atoms with Crippen LogP contribution in [-0.2, 0) is 0 Å². The van der Waals surface area contributed by atoms with Crippen molar-refractivity contribution in [2.45, 2.75) is 13.1 Å². The zero-order valence-electron chi connectivity index (χ0n) is 3.28. The summed E-state index contributed by atoms with van der Waals surface area (Å²) >= 11 is 0. The van der Waals surface area contributed by atoms with Gasteiger partial charge in [-0.25, -0.2) is 0 Å². The van der Waals surface area contributed by atoms with Gasteiger partial charge in [-0.15, -0.1) is 21.4 Å². The SMILES string of the molecule is C[SiH](C)[SiH2-]. The van der Waals surface area contributed by atoms with Gasteiger partial charge < -0.3 is 0 Å². The molecule has 0 aliphatic carbocycles. The van der Waals surface area contributed by atoms with Crippen molar-refractivity contribution >= 4 is 18.1 Å². The lowest BCUT2D eigenvalue weighted by Gasteiger charge is -1.88. The first-order chi connectivity index (χ1) is 1.73. The summed E-state index contributed by atoms with van der Waals surface area (Å²) in [6.45, 7) is 4.64. The predicted molar refractivity (Wildman–Crippen MR) is 27.4 cm³/mol. The van der Waals surface area contributed by atoms with Gasteiger partial charge in [0.15, 0.2) is 0 Å². The molecule has 0 nitrogen and oxygen atoms in total. The molecular weight excluding hydrogens is 80.2 g/mol. The Morgan fingerprint density at radius 2 is 1.50 bits per heavy atom. The first kappa shape index (κ1) is 4.43. The lowest BCUT2D eigenvalue weighted by Crippen LogP contribution is -1.94. The van der Waals surface area contributed by atoms with Gasteiger partial charge in [0.25, 0.3) is 0 Å². The molecule has 0 spiro atoms. The highest BCUT2D eigenvalue weighted by Crippen LogP contribution is 1.59. The van der Waals surface area contributed by atoms with Crippen LogP contribution in [-0.4, -0.2) is 18.1 Å². The second-order valence-electron chi connectivity index (χ2n) is 1.39. The fourth-order valence-electron chi connectivity index (χ4n) is 0. The van der Waals surface area contributed by atoms with E-state index in [0.29, 0.717) is 0 Å². The van der Waals surface area contributed by atoms with Crippen LogP contribution < -0.4 is 0 Å². The Morgan fingerprint density at radius 3 is 1.50 bits per heavy atom. The van der Waals surface area contributed by atoms with E-state index in [1.165, 1.54) is 0 Å². The number of rotatable bonds is 0. The minimum absolute atomic E-state index is 0.111. The number of hydrogen-bond donors (Lipinski definition) is 0. The fourth-order valence-corrected chi connectivity index (χ4v) is 0. The van der Waals surface area contributed by atoms with Gasteiger partial charge in [-0.05, 0) is 0 Å². The average molecular weight is 89.3 g/mol. The molecule has 0 unspecified atom stereocenters. The van der Waals surface area contributed by atoms with E-state index >= 15 is 0 Å². The summed E-state index contributed by atoms with van der Waals surface area (Å²) in [5.74, 6) is 0. The van der Waals surface area contributed by atoms with Gasteiger partial charge in [0.1, 0.15) is 0 Å². The van der Waals surface area contributed by atoms with Gasteiger partial charge in [0.05, 0.1) is 0 Å². The average Bonchev–Trinajstić information content (AvgIpc) is 0.811. The summed E-state index contributed by atoms with van der Waals surface area (Å²) in [6.07, 6.45) is 0. The first-order valence-electron chi connectivity index (χ1n) is 1.56. The van der Waals surface area contributed by atoms with Crippen molar-refractivity contribution in [3.05, 3.63) is 0 Å². The highest BCUT2D eigenvalue weighted by molar-refractivity contribution is 7.01. The molecular formula is C2H9Si2-. The molecule has 0 aliphatic heterocycles. The Balaban J connectivity index is 2.32. The lowest BCUT2D eigenvalue weighted by molar-refractivity contribution is 2.10. The summed E-state index contributed by atoms with van der Waals surface area (Å²) < 4.78 is 0. The van der Waals surface area contributed by atoms with Crippen LogP contribution in [0.15, 0.2) is 0 Å². The van der Waals surface area contributed by atoms with Crippen LogP contribution in [0.3, 0.4) is 0 Å².